The molecular weight excluding hydrogens is 308 g/mol. The van der Waals surface area contributed by atoms with Gasteiger partial charge in [-0.15, -0.1) is 11.3 Å². The average Bonchev–Trinajstić information content (AvgIpc) is 3.00. The number of benzene rings is 1. The predicted molar refractivity (Wildman–Crippen MR) is 92.9 cm³/mol. The number of amides is 1. The third kappa shape index (κ3) is 3.62. The van der Waals surface area contributed by atoms with Gasteiger partial charge in [0.1, 0.15) is 5.01 Å². The molecule has 0 unspecified atom stereocenters. The predicted octanol–water partition coefficient (Wildman–Crippen LogP) is 3.14. The Bertz CT molecular complexity index is 718. The van der Waals surface area contributed by atoms with Crippen LogP contribution in [0, 0.1) is 20.8 Å². The molecule has 0 N–H and O–H groups in total. The van der Waals surface area contributed by atoms with Crippen molar-refractivity contribution in [2.24, 2.45) is 0 Å². The molecule has 0 spiro atoms. The molecule has 0 aliphatic carbocycles. The number of hydrogen-bond acceptors (Lipinski definition) is 4. The lowest BCUT2D eigenvalue weighted by Crippen LogP contribution is -2.41. The maximum atomic E-state index is 12.3. The zero-order chi connectivity index (χ0) is 16.4. The number of carbonyl (C=O) groups is 1. The van der Waals surface area contributed by atoms with Crippen molar-refractivity contribution < 1.29 is 9.53 Å². The largest absolute Gasteiger partial charge is 0.378 e. The standard InChI is InChI=1S/C18H22N2O2S/c1-12-8-14(3)15(9-13(12)2)16-11-23-17(19-16)10-18(21)20-4-6-22-7-5-20/h8-9,11H,4-7,10H2,1-3H3. The van der Waals surface area contributed by atoms with Crippen molar-refractivity contribution in [1.29, 1.82) is 0 Å². The van der Waals surface area contributed by atoms with Gasteiger partial charge in [-0.05, 0) is 43.5 Å². The first-order chi connectivity index (χ1) is 11.0. The highest BCUT2D eigenvalue weighted by Crippen LogP contribution is 2.28. The molecule has 0 radical (unpaired) electrons. The molecule has 2 heterocycles. The quantitative estimate of drug-likeness (QED) is 0.868. The lowest BCUT2D eigenvalue weighted by Gasteiger charge is -2.26. The van der Waals surface area contributed by atoms with Crippen LogP contribution in [0.25, 0.3) is 11.3 Å². The summed E-state index contributed by atoms with van der Waals surface area (Å²) in [5.41, 5.74) is 5.92. The second kappa shape index (κ2) is 6.81. The van der Waals surface area contributed by atoms with E-state index in [1.807, 2.05) is 4.90 Å². The van der Waals surface area contributed by atoms with Gasteiger partial charge in [0.05, 0.1) is 25.3 Å². The first-order valence-electron chi connectivity index (χ1n) is 7.93. The number of aryl methyl sites for hydroxylation is 3. The topological polar surface area (TPSA) is 42.4 Å². The van der Waals surface area contributed by atoms with E-state index in [1.165, 1.54) is 16.7 Å². The van der Waals surface area contributed by atoms with Gasteiger partial charge in [0.15, 0.2) is 0 Å². The number of ether oxygens (including phenoxy) is 1. The molecule has 1 aliphatic rings. The highest BCUT2D eigenvalue weighted by Gasteiger charge is 2.19. The van der Waals surface area contributed by atoms with Crippen molar-refractivity contribution in [2.45, 2.75) is 27.2 Å². The summed E-state index contributed by atoms with van der Waals surface area (Å²) in [6, 6.07) is 4.38. The Balaban J connectivity index is 1.75. The zero-order valence-corrected chi connectivity index (χ0v) is 14.7. The Labute approximate surface area is 141 Å². The van der Waals surface area contributed by atoms with E-state index in [1.54, 1.807) is 11.3 Å². The molecule has 1 aromatic heterocycles. The van der Waals surface area contributed by atoms with Crippen LogP contribution in [0.15, 0.2) is 17.5 Å². The zero-order valence-electron chi connectivity index (χ0n) is 13.9. The molecule has 0 atom stereocenters. The summed E-state index contributed by atoms with van der Waals surface area (Å²) in [5, 5.41) is 2.94. The SMILES string of the molecule is Cc1cc(C)c(-c2csc(CC(=O)N3CCOCC3)n2)cc1C. The van der Waals surface area contributed by atoms with E-state index in [0.29, 0.717) is 32.7 Å². The van der Waals surface area contributed by atoms with Crippen LogP contribution in [0.3, 0.4) is 0 Å². The summed E-state index contributed by atoms with van der Waals surface area (Å²) >= 11 is 1.57. The van der Waals surface area contributed by atoms with Gasteiger partial charge in [0, 0.05) is 24.0 Å². The van der Waals surface area contributed by atoms with Crippen molar-refractivity contribution >= 4 is 17.2 Å². The molecule has 0 bridgehead atoms. The third-order valence-electron chi connectivity index (χ3n) is 4.33. The van der Waals surface area contributed by atoms with Crippen molar-refractivity contribution in [3.05, 3.63) is 39.2 Å². The van der Waals surface area contributed by atoms with E-state index in [9.17, 15) is 4.79 Å². The molecule has 4 nitrogen and oxygen atoms in total. The van der Waals surface area contributed by atoms with Crippen LogP contribution in [0.1, 0.15) is 21.7 Å². The summed E-state index contributed by atoms with van der Waals surface area (Å²) in [6.45, 7) is 9.00. The van der Waals surface area contributed by atoms with E-state index in [4.69, 9.17) is 4.74 Å². The number of thiazole rings is 1. The molecule has 23 heavy (non-hydrogen) atoms. The van der Waals surface area contributed by atoms with Crippen molar-refractivity contribution in [3.8, 4) is 11.3 Å². The maximum Gasteiger partial charge on any atom is 0.229 e. The van der Waals surface area contributed by atoms with Crippen LogP contribution in [0.5, 0.6) is 0 Å². The second-order valence-electron chi connectivity index (χ2n) is 6.05. The first-order valence-corrected chi connectivity index (χ1v) is 8.80. The Hall–Kier alpha value is -1.72. The number of carbonyl (C=O) groups excluding carboxylic acids is 1. The minimum absolute atomic E-state index is 0.144. The second-order valence-corrected chi connectivity index (χ2v) is 6.99. The van der Waals surface area contributed by atoms with Crippen LogP contribution in [0.2, 0.25) is 0 Å². The maximum absolute atomic E-state index is 12.3. The van der Waals surface area contributed by atoms with Crippen LogP contribution in [0.4, 0.5) is 0 Å². The lowest BCUT2D eigenvalue weighted by atomic mass is 9.99. The van der Waals surface area contributed by atoms with E-state index >= 15 is 0 Å². The number of nitrogens with zero attached hydrogens (tertiary/aromatic N) is 2. The monoisotopic (exact) mass is 330 g/mol. The summed E-state index contributed by atoms with van der Waals surface area (Å²) < 4.78 is 5.29. The number of aromatic nitrogens is 1. The van der Waals surface area contributed by atoms with Gasteiger partial charge in [-0.1, -0.05) is 6.07 Å². The van der Waals surface area contributed by atoms with Crippen molar-refractivity contribution in [2.75, 3.05) is 26.3 Å². The summed E-state index contributed by atoms with van der Waals surface area (Å²) in [5.74, 6) is 0.144. The Morgan fingerprint density at radius 3 is 2.61 bits per heavy atom. The molecule has 1 aromatic carbocycles. The molecule has 3 rings (SSSR count). The van der Waals surface area contributed by atoms with E-state index in [-0.39, 0.29) is 5.91 Å². The van der Waals surface area contributed by atoms with Crippen LogP contribution < -0.4 is 0 Å². The summed E-state index contributed by atoms with van der Waals surface area (Å²) in [4.78, 5) is 18.9. The smallest absolute Gasteiger partial charge is 0.229 e. The third-order valence-corrected chi connectivity index (χ3v) is 5.18. The van der Waals surface area contributed by atoms with Crippen LogP contribution >= 0.6 is 11.3 Å². The van der Waals surface area contributed by atoms with E-state index < -0.39 is 0 Å². The molecule has 122 valence electrons. The summed E-state index contributed by atoms with van der Waals surface area (Å²) in [7, 11) is 0. The molecule has 5 heteroatoms. The van der Waals surface area contributed by atoms with Crippen LogP contribution in [-0.2, 0) is 16.0 Å². The molecule has 2 aromatic rings. The molecule has 1 aliphatic heterocycles. The van der Waals surface area contributed by atoms with Gasteiger partial charge in [-0.25, -0.2) is 4.98 Å². The number of rotatable bonds is 3. The van der Waals surface area contributed by atoms with Gasteiger partial charge in [-0.2, -0.15) is 0 Å². The number of hydrogen-bond donors (Lipinski definition) is 0. The van der Waals surface area contributed by atoms with E-state index in [0.717, 1.165) is 16.3 Å². The first kappa shape index (κ1) is 16.1. The summed E-state index contributed by atoms with van der Waals surface area (Å²) in [6.07, 6.45) is 0.383. The minimum atomic E-state index is 0.144. The normalized spacial score (nSPS) is 15.0. The van der Waals surface area contributed by atoms with Gasteiger partial charge < -0.3 is 9.64 Å². The van der Waals surface area contributed by atoms with Crippen molar-refractivity contribution in [3.63, 3.8) is 0 Å². The fraction of sp³-hybridized carbons (Fsp3) is 0.444. The highest BCUT2D eigenvalue weighted by atomic mass is 32.1. The Morgan fingerprint density at radius 1 is 1.17 bits per heavy atom. The average molecular weight is 330 g/mol. The van der Waals surface area contributed by atoms with Crippen LogP contribution in [-0.4, -0.2) is 42.1 Å². The molecular formula is C18H22N2O2S. The van der Waals surface area contributed by atoms with Gasteiger partial charge in [-0.3, -0.25) is 4.79 Å². The number of morpholine rings is 1. The fourth-order valence-corrected chi connectivity index (χ4v) is 3.59. The highest BCUT2D eigenvalue weighted by molar-refractivity contribution is 7.10. The molecule has 1 saturated heterocycles. The molecule has 1 amide bonds. The lowest BCUT2D eigenvalue weighted by molar-refractivity contribution is -0.134. The van der Waals surface area contributed by atoms with Gasteiger partial charge in [0.25, 0.3) is 0 Å². The Morgan fingerprint density at radius 2 is 1.87 bits per heavy atom. The van der Waals surface area contributed by atoms with Gasteiger partial charge in [0.2, 0.25) is 5.91 Å². The fourth-order valence-electron chi connectivity index (χ4n) is 2.81. The van der Waals surface area contributed by atoms with E-state index in [2.05, 4.69) is 43.3 Å². The Kier molecular flexibility index (Phi) is 4.78. The minimum Gasteiger partial charge on any atom is -0.378 e. The molecule has 0 saturated carbocycles. The van der Waals surface area contributed by atoms with Crippen molar-refractivity contribution in [1.82, 2.24) is 9.88 Å². The molecule has 1 fully saturated rings. The van der Waals surface area contributed by atoms with Gasteiger partial charge >= 0.3 is 0 Å².